The maximum Gasteiger partial charge on any atom is 0.252 e. The van der Waals surface area contributed by atoms with Crippen LogP contribution in [0.1, 0.15) is 0 Å². The molecule has 2 heterocycles. The van der Waals surface area contributed by atoms with Crippen molar-refractivity contribution in [1.82, 2.24) is 0 Å². The molecule has 0 N–H and O–H groups in total. The second-order valence-electron chi connectivity index (χ2n) is 28.1. The third-order valence-corrected chi connectivity index (χ3v) is 31.9. The lowest BCUT2D eigenvalue weighted by Gasteiger charge is -2.45. The molecule has 5 heteroatoms. The van der Waals surface area contributed by atoms with Gasteiger partial charge in [0.1, 0.15) is 0 Å². The average molecular weight is 1390 g/mol. The lowest BCUT2D eigenvalue weighted by Crippen LogP contribution is -2.74. The minimum absolute atomic E-state index is 0.221. The van der Waals surface area contributed by atoms with E-state index in [1.807, 2.05) is 0 Å². The van der Waals surface area contributed by atoms with Gasteiger partial charge in [0.2, 0.25) is 0 Å². The van der Waals surface area contributed by atoms with E-state index in [1.54, 1.807) is 0 Å². The van der Waals surface area contributed by atoms with E-state index < -0.39 is 16.1 Å². The van der Waals surface area contributed by atoms with Crippen molar-refractivity contribution in [3.63, 3.8) is 0 Å². The summed E-state index contributed by atoms with van der Waals surface area (Å²) in [6.45, 7) is -0.221. The second kappa shape index (κ2) is 27.8. The first kappa shape index (κ1) is 64.7. The number of hydrogen-bond acceptors (Lipinski definition) is 2. The molecule has 0 saturated carbocycles. The molecule has 0 saturated heterocycles. The summed E-state index contributed by atoms with van der Waals surface area (Å²) in [6, 6.07) is 167. The van der Waals surface area contributed by atoms with Crippen molar-refractivity contribution in [2.45, 2.75) is 0 Å². The molecule has 2 aliphatic rings. The van der Waals surface area contributed by atoms with Crippen LogP contribution in [-0.2, 0) is 0 Å². The van der Waals surface area contributed by atoms with Gasteiger partial charge in [-0.3, -0.25) is 0 Å². The van der Waals surface area contributed by atoms with Crippen LogP contribution in [-0.4, -0.2) is 22.9 Å². The van der Waals surface area contributed by atoms with Gasteiger partial charge in [-0.25, -0.2) is 0 Å². The van der Waals surface area contributed by atoms with E-state index in [-0.39, 0.29) is 6.71 Å². The molecular formula is C102H73BN2Si2. The first-order valence-electron chi connectivity index (χ1n) is 37.2. The van der Waals surface area contributed by atoms with Crippen LogP contribution in [0.2, 0.25) is 0 Å². The second-order valence-corrected chi connectivity index (χ2v) is 35.7. The van der Waals surface area contributed by atoms with Crippen LogP contribution in [0, 0.1) is 0 Å². The highest BCUT2D eigenvalue weighted by molar-refractivity contribution is 7.20. The van der Waals surface area contributed by atoms with Gasteiger partial charge < -0.3 is 9.80 Å². The molecule has 0 spiro atoms. The molecule has 0 aromatic heterocycles. The summed E-state index contributed by atoms with van der Waals surface area (Å²) < 4.78 is 0. The maximum absolute atomic E-state index is 2.95. The first-order valence-corrected chi connectivity index (χ1v) is 41.2. The van der Waals surface area contributed by atoms with E-state index in [2.05, 4.69) is 453 Å². The minimum atomic E-state index is -2.95. The molecule has 19 rings (SSSR count). The fourth-order valence-electron chi connectivity index (χ4n) is 17.8. The molecule has 2 aliphatic heterocycles. The molecule has 0 amide bonds. The van der Waals surface area contributed by atoms with Crippen molar-refractivity contribution < 1.29 is 0 Å². The van der Waals surface area contributed by atoms with Crippen molar-refractivity contribution in [1.29, 1.82) is 0 Å². The number of para-hydroxylation sites is 2. The summed E-state index contributed by atoms with van der Waals surface area (Å²) >= 11 is 0. The predicted molar refractivity (Wildman–Crippen MR) is 460 cm³/mol. The van der Waals surface area contributed by atoms with E-state index in [0.717, 1.165) is 67.5 Å². The van der Waals surface area contributed by atoms with Gasteiger partial charge in [0.25, 0.3) is 6.71 Å². The molecule has 2 nitrogen and oxygen atoms in total. The Bertz CT molecular complexity index is 5520. The lowest BCUT2D eigenvalue weighted by atomic mass is 9.33. The molecule has 502 valence electrons. The SMILES string of the molecule is c1ccc(-c2ccccc2-c2ccc3c(c2)B2c4cc(-c5ccccc5-c5ccccc5)ccc4N(c4ccccc4-c4cccc([Si](c5ccccc5)(c5ccccc5)c5ccccc5)c4)c4cccc(c42)N3c2ccccc2-c2cccc([Si](c3ccccc3)(c3ccccc3)c3ccccc3)c2)cc1. The third-order valence-electron chi connectivity index (χ3n) is 22.4. The van der Waals surface area contributed by atoms with Crippen LogP contribution in [0.3, 0.4) is 0 Å². The van der Waals surface area contributed by atoms with Gasteiger partial charge in [-0.1, -0.05) is 406 Å². The first-order chi connectivity index (χ1) is 53.1. The summed E-state index contributed by atoms with van der Waals surface area (Å²) in [5, 5.41) is 10.7. The van der Waals surface area contributed by atoms with Gasteiger partial charge in [0.05, 0.1) is 11.4 Å². The normalized spacial score (nSPS) is 12.2. The van der Waals surface area contributed by atoms with Crippen molar-refractivity contribution in [3.05, 3.63) is 443 Å². The maximum atomic E-state index is 2.61. The van der Waals surface area contributed by atoms with Crippen molar-refractivity contribution in [3.8, 4) is 66.8 Å². The van der Waals surface area contributed by atoms with E-state index in [0.29, 0.717) is 0 Å². The number of fused-ring (bicyclic) bond motifs is 4. The Morgan fingerprint density at radius 2 is 0.393 bits per heavy atom. The Balaban J connectivity index is 0.867. The molecule has 107 heavy (non-hydrogen) atoms. The number of hydrogen-bond donors (Lipinski definition) is 0. The summed E-state index contributed by atoms with van der Waals surface area (Å²) in [7, 11) is -5.90. The van der Waals surface area contributed by atoms with Gasteiger partial charge in [0, 0.05) is 33.9 Å². The number of benzene rings is 17. The van der Waals surface area contributed by atoms with Crippen LogP contribution < -0.4 is 67.7 Å². The largest absolute Gasteiger partial charge is 0.311 e. The number of anilines is 6. The summed E-state index contributed by atoms with van der Waals surface area (Å²) in [6.07, 6.45) is 0. The molecule has 0 aliphatic carbocycles. The highest BCUT2D eigenvalue weighted by atomic mass is 28.3. The van der Waals surface area contributed by atoms with Gasteiger partial charge in [0.15, 0.2) is 16.1 Å². The van der Waals surface area contributed by atoms with E-state index >= 15 is 0 Å². The van der Waals surface area contributed by atoms with Crippen LogP contribution >= 0.6 is 0 Å². The highest BCUT2D eigenvalue weighted by Gasteiger charge is 2.47. The van der Waals surface area contributed by atoms with Crippen molar-refractivity contribution in [2.24, 2.45) is 0 Å². The molecule has 17 aromatic carbocycles. The fourth-order valence-corrected chi connectivity index (χ4v) is 27.4. The lowest BCUT2D eigenvalue weighted by molar-refractivity contribution is 1.25. The molecule has 0 radical (unpaired) electrons. The molecular weight excluding hydrogens is 1320 g/mol. The van der Waals surface area contributed by atoms with Crippen molar-refractivity contribution in [2.75, 3.05) is 9.80 Å². The Kier molecular flexibility index (Phi) is 16.8. The zero-order chi connectivity index (χ0) is 71.1. The quantitative estimate of drug-likeness (QED) is 0.0703. The third kappa shape index (κ3) is 11.1. The van der Waals surface area contributed by atoms with E-state index in [9.17, 15) is 0 Å². The van der Waals surface area contributed by atoms with Crippen LogP contribution in [0.25, 0.3) is 66.8 Å². The Morgan fingerprint density at radius 3 is 0.720 bits per heavy atom. The average Bonchev–Trinajstić information content (AvgIpc) is 0.693. The van der Waals surface area contributed by atoms with Crippen molar-refractivity contribution >= 4 is 115 Å². The number of rotatable bonds is 16. The molecule has 0 atom stereocenters. The van der Waals surface area contributed by atoms with Crippen LogP contribution in [0.15, 0.2) is 443 Å². The Labute approximate surface area is 629 Å². The monoisotopic (exact) mass is 1390 g/mol. The molecule has 0 unspecified atom stereocenters. The van der Waals surface area contributed by atoms with E-state index in [1.165, 1.54) is 91.3 Å². The van der Waals surface area contributed by atoms with Gasteiger partial charge in [-0.15, -0.1) is 0 Å². The van der Waals surface area contributed by atoms with Gasteiger partial charge in [-0.2, -0.15) is 0 Å². The molecule has 0 bridgehead atoms. The topological polar surface area (TPSA) is 6.48 Å². The zero-order valence-corrected chi connectivity index (χ0v) is 61.1. The van der Waals surface area contributed by atoms with E-state index in [4.69, 9.17) is 0 Å². The van der Waals surface area contributed by atoms with Crippen LogP contribution in [0.5, 0.6) is 0 Å². The summed E-state index contributed by atoms with van der Waals surface area (Å²) in [4.78, 5) is 5.23. The Morgan fingerprint density at radius 1 is 0.159 bits per heavy atom. The standard InChI is InChI=1S/C102H73BN2Si2/c1-9-36-74(37-10-1)88-56-25-27-58-90(88)78-66-68-98-94(72-78)103-95-73-79(91-59-28-26-57-89(91)75-38-11-2-12-39-75)67-69-99(95)105(97-63-32-30-61-93(97)77-41-34-55-87(71-77)107(83-48-19-6-20-49-83,84-50-21-7-22-51-84)85-52-23-8-24-53-85)101-65-35-64-100(102(101)103)104(98)96-62-31-29-60-92(96)76-40-33-54-86(70-76)106(80-42-13-3-14-43-80,81-44-15-4-16-45-81)82-46-17-5-18-47-82/h1-73H. The van der Waals surface area contributed by atoms with Gasteiger partial charge in [-0.05, 0) is 150 Å². The Hall–Kier alpha value is -13.2. The molecule has 17 aromatic rings. The predicted octanol–water partition coefficient (Wildman–Crippen LogP) is 18.5. The highest BCUT2D eigenvalue weighted by Crippen LogP contribution is 2.49. The summed E-state index contributed by atoms with van der Waals surface area (Å²) in [5.41, 5.74) is 24.5. The molecule has 0 fully saturated rings. The summed E-state index contributed by atoms with van der Waals surface area (Å²) in [5.74, 6) is 0. The van der Waals surface area contributed by atoms with Crippen LogP contribution in [0.4, 0.5) is 34.1 Å². The fraction of sp³-hybridized carbons (Fsp3) is 0. The number of nitrogens with zero attached hydrogens (tertiary/aromatic N) is 2. The van der Waals surface area contributed by atoms with Gasteiger partial charge >= 0.3 is 0 Å². The minimum Gasteiger partial charge on any atom is -0.311 e. The zero-order valence-electron chi connectivity index (χ0n) is 59.1. The smallest absolute Gasteiger partial charge is 0.252 e.